The normalized spacial score (nSPS) is 13.6. The van der Waals surface area contributed by atoms with Crippen molar-refractivity contribution < 1.29 is 0 Å². The van der Waals surface area contributed by atoms with Crippen molar-refractivity contribution in [2.45, 2.75) is 19.3 Å². The molecule has 0 aliphatic heterocycles. The fourth-order valence-corrected chi connectivity index (χ4v) is 10.0. The molecular weight excluding hydrogens is 641 g/mol. The second-order valence-corrected chi connectivity index (χ2v) is 15.3. The molecule has 0 atom stereocenters. The topological polar surface area (TPSA) is 7.65 Å². The zero-order valence-corrected chi connectivity index (χ0v) is 29.6. The van der Waals surface area contributed by atoms with Crippen molar-refractivity contribution in [3.8, 4) is 11.1 Å². The molecule has 2 heteroatoms. The average Bonchev–Trinajstić information content (AvgIpc) is 3.82. The van der Waals surface area contributed by atoms with Crippen LogP contribution in [0.4, 0.5) is 17.1 Å². The summed E-state index contributed by atoms with van der Waals surface area (Å²) < 4.78 is 2.49. The minimum absolute atomic E-state index is 0.117. The molecule has 0 radical (unpaired) electrons. The van der Waals surface area contributed by atoms with Crippen LogP contribution < -0.4 is 4.90 Å². The van der Waals surface area contributed by atoms with Gasteiger partial charge in [-0.25, -0.2) is 0 Å². The van der Waals surface area contributed by atoms with E-state index in [0.29, 0.717) is 0 Å². The quantitative estimate of drug-likeness (QED) is 0.169. The highest BCUT2D eigenvalue weighted by Crippen LogP contribution is 2.55. The van der Waals surface area contributed by atoms with Crippen molar-refractivity contribution in [3.63, 3.8) is 0 Å². The van der Waals surface area contributed by atoms with Crippen molar-refractivity contribution in [1.82, 2.24) is 4.40 Å². The van der Waals surface area contributed by atoms with Gasteiger partial charge in [0.2, 0.25) is 0 Å². The molecule has 0 unspecified atom stereocenters. The first-order valence-corrected chi connectivity index (χ1v) is 18.6. The first-order valence-electron chi connectivity index (χ1n) is 18.6. The van der Waals surface area contributed by atoms with E-state index in [1.54, 1.807) is 0 Å². The van der Waals surface area contributed by atoms with Gasteiger partial charge in [0.05, 0.1) is 27.9 Å². The Labute approximate surface area is 307 Å². The lowest BCUT2D eigenvalue weighted by atomic mass is 9.82. The lowest BCUT2D eigenvalue weighted by Gasteiger charge is -2.30. The van der Waals surface area contributed by atoms with Crippen molar-refractivity contribution in [3.05, 3.63) is 181 Å². The number of fused-ring (bicyclic) bond motifs is 15. The number of hydrogen-bond donors (Lipinski definition) is 0. The Morgan fingerprint density at radius 3 is 1.75 bits per heavy atom. The van der Waals surface area contributed by atoms with Gasteiger partial charge < -0.3 is 9.30 Å². The fourth-order valence-electron chi connectivity index (χ4n) is 10.0. The molecule has 0 spiro atoms. The molecule has 0 N–H and O–H groups in total. The molecule has 0 bridgehead atoms. The van der Waals surface area contributed by atoms with E-state index in [9.17, 15) is 0 Å². The first kappa shape index (κ1) is 29.0. The molecule has 53 heavy (non-hydrogen) atoms. The lowest BCUT2D eigenvalue weighted by molar-refractivity contribution is 0.660. The van der Waals surface area contributed by atoms with E-state index in [1.165, 1.54) is 104 Å². The highest BCUT2D eigenvalue weighted by atomic mass is 15.2. The summed E-state index contributed by atoms with van der Waals surface area (Å²) in [6, 6.07) is 63.4. The molecule has 0 saturated heterocycles. The number of para-hydroxylation sites is 2. The van der Waals surface area contributed by atoms with Crippen molar-refractivity contribution in [1.29, 1.82) is 0 Å². The summed E-state index contributed by atoms with van der Waals surface area (Å²) in [6.07, 6.45) is 0. The standard InChI is InChI=1S/C51H34N2/c1-51(2)42-22-9-7-19-39(42)48-43(51)23-12-25-45(48)52(31-28-29-36-34-16-4-3-14-32(34)33-15-5-6-17-35(33)41(36)30-31)46-26-13-27-47-49(46)40-21-11-20-38-37-18-8-10-24-44(37)53(47)50(38)40/h3-30H,1-2H3. The van der Waals surface area contributed by atoms with E-state index < -0.39 is 0 Å². The van der Waals surface area contributed by atoms with Gasteiger partial charge >= 0.3 is 0 Å². The molecule has 1 aliphatic carbocycles. The minimum Gasteiger partial charge on any atom is -0.309 e. The van der Waals surface area contributed by atoms with Crippen LogP contribution in [0.5, 0.6) is 0 Å². The summed E-state index contributed by atoms with van der Waals surface area (Å²) in [5.41, 5.74) is 12.6. The molecule has 0 amide bonds. The van der Waals surface area contributed by atoms with Gasteiger partial charge in [-0.15, -0.1) is 0 Å². The van der Waals surface area contributed by atoms with E-state index >= 15 is 0 Å². The maximum atomic E-state index is 2.56. The second kappa shape index (κ2) is 10.2. The average molecular weight is 675 g/mol. The van der Waals surface area contributed by atoms with Gasteiger partial charge in [-0.2, -0.15) is 0 Å². The van der Waals surface area contributed by atoms with Crippen LogP contribution in [0.15, 0.2) is 170 Å². The molecule has 0 fully saturated rings. The highest BCUT2D eigenvalue weighted by molar-refractivity contribution is 6.28. The molecular formula is C51H34N2. The Morgan fingerprint density at radius 1 is 0.415 bits per heavy atom. The fraction of sp³-hybridized carbons (Fsp3) is 0.0588. The van der Waals surface area contributed by atoms with Crippen LogP contribution in [0.1, 0.15) is 25.0 Å². The number of nitrogens with zero attached hydrogens (tertiary/aromatic N) is 2. The van der Waals surface area contributed by atoms with Gasteiger partial charge in [-0.05, 0) is 85.4 Å². The molecule has 11 aromatic rings. The predicted molar refractivity (Wildman–Crippen MR) is 226 cm³/mol. The van der Waals surface area contributed by atoms with Gasteiger partial charge in [0.15, 0.2) is 0 Å². The molecule has 2 nitrogen and oxygen atoms in total. The number of benzene rings is 9. The summed E-state index contributed by atoms with van der Waals surface area (Å²) in [5, 5.41) is 12.8. The van der Waals surface area contributed by atoms with Crippen molar-refractivity contribution in [2.75, 3.05) is 4.90 Å². The summed E-state index contributed by atoms with van der Waals surface area (Å²) >= 11 is 0. The van der Waals surface area contributed by atoms with Crippen LogP contribution in [-0.2, 0) is 5.41 Å². The summed E-state index contributed by atoms with van der Waals surface area (Å²) in [7, 11) is 0. The third kappa shape index (κ3) is 3.67. The summed E-state index contributed by atoms with van der Waals surface area (Å²) in [5.74, 6) is 0. The van der Waals surface area contributed by atoms with E-state index in [0.717, 1.165) is 5.69 Å². The predicted octanol–water partition coefficient (Wildman–Crippen LogP) is 14.1. The van der Waals surface area contributed by atoms with Gasteiger partial charge in [0.25, 0.3) is 0 Å². The van der Waals surface area contributed by atoms with Gasteiger partial charge in [0.1, 0.15) is 0 Å². The third-order valence-electron chi connectivity index (χ3n) is 12.3. The van der Waals surface area contributed by atoms with Gasteiger partial charge in [-0.3, -0.25) is 0 Å². The largest absolute Gasteiger partial charge is 0.309 e. The summed E-state index contributed by atoms with van der Waals surface area (Å²) in [4.78, 5) is 2.56. The van der Waals surface area contributed by atoms with Crippen LogP contribution >= 0.6 is 0 Å². The molecule has 2 heterocycles. The van der Waals surface area contributed by atoms with Crippen LogP contribution in [-0.4, -0.2) is 4.40 Å². The number of hydrogen-bond acceptors (Lipinski definition) is 1. The number of aromatic nitrogens is 1. The maximum Gasteiger partial charge on any atom is 0.0621 e. The maximum absolute atomic E-state index is 2.56. The van der Waals surface area contributed by atoms with E-state index in [1.807, 2.05) is 0 Å². The first-order chi connectivity index (χ1) is 26.1. The van der Waals surface area contributed by atoms with Crippen LogP contribution in [0, 0.1) is 0 Å². The molecule has 2 aromatic heterocycles. The van der Waals surface area contributed by atoms with Gasteiger partial charge in [-0.1, -0.05) is 147 Å². The SMILES string of the molecule is CC1(C)c2ccccc2-c2c(N(c3ccc4c5ccccc5c5ccccc5c4c3)c3cccc4c3c3cccc5c6ccccc6n4c53)cccc21. The van der Waals surface area contributed by atoms with Crippen molar-refractivity contribution in [2.24, 2.45) is 0 Å². The monoisotopic (exact) mass is 674 g/mol. The van der Waals surface area contributed by atoms with E-state index in [2.05, 4.69) is 193 Å². The van der Waals surface area contributed by atoms with Crippen LogP contribution in [0.3, 0.4) is 0 Å². The van der Waals surface area contributed by atoms with Gasteiger partial charge in [0, 0.05) is 38.2 Å². The van der Waals surface area contributed by atoms with E-state index in [4.69, 9.17) is 0 Å². The second-order valence-electron chi connectivity index (χ2n) is 15.3. The van der Waals surface area contributed by atoms with Crippen LogP contribution in [0.25, 0.3) is 81.5 Å². The Morgan fingerprint density at radius 2 is 0.962 bits per heavy atom. The Kier molecular flexibility index (Phi) is 5.60. The van der Waals surface area contributed by atoms with E-state index in [-0.39, 0.29) is 5.41 Å². The van der Waals surface area contributed by atoms with Crippen molar-refractivity contribution >= 4 is 87.5 Å². The molecule has 9 aromatic carbocycles. The smallest absolute Gasteiger partial charge is 0.0621 e. The Bertz CT molecular complexity index is 3290. The molecule has 0 saturated carbocycles. The summed E-state index contributed by atoms with van der Waals surface area (Å²) in [6.45, 7) is 4.75. The molecule has 12 rings (SSSR count). The third-order valence-corrected chi connectivity index (χ3v) is 12.3. The minimum atomic E-state index is -0.117. The number of rotatable bonds is 3. The Hall–Kier alpha value is -6.64. The van der Waals surface area contributed by atoms with Crippen LogP contribution in [0.2, 0.25) is 0 Å². The molecule has 1 aliphatic rings. The lowest BCUT2D eigenvalue weighted by Crippen LogP contribution is -2.16. The number of anilines is 3. The molecule has 248 valence electrons. The zero-order chi connectivity index (χ0) is 35.0. The highest BCUT2D eigenvalue weighted by Gasteiger charge is 2.38. The Balaban J connectivity index is 1.24. The zero-order valence-electron chi connectivity index (χ0n) is 29.6.